The molecule has 0 fully saturated rings. The summed E-state index contributed by atoms with van der Waals surface area (Å²) in [6.45, 7) is 5.62. The summed E-state index contributed by atoms with van der Waals surface area (Å²) in [6, 6.07) is 0.402. The maximum atomic E-state index is 11.1. The number of hydrogen-bond donors (Lipinski definition) is 1. The van der Waals surface area contributed by atoms with Crippen molar-refractivity contribution in [2.24, 2.45) is 0 Å². The molecule has 0 bridgehead atoms. The Balaban J connectivity index is 3.42. The molecule has 80 valence electrons. The summed E-state index contributed by atoms with van der Waals surface area (Å²) in [7, 11) is 1.05. The molecule has 0 aromatic carbocycles. The average Bonchev–Trinajstić information content (AvgIpc) is 2.16. The topological polar surface area (TPSA) is 38.3 Å². The van der Waals surface area contributed by atoms with Crippen LogP contribution in [-0.2, 0) is 15.5 Å². The largest absolute Gasteiger partial charge is 0.383 e. The van der Waals surface area contributed by atoms with Crippen molar-refractivity contribution < 1.29 is 8.95 Å². The number of hydrogen-bond acceptors (Lipinski definition) is 3. The minimum atomic E-state index is -0.653. The van der Waals surface area contributed by atoms with Crippen molar-refractivity contribution in [3.8, 4) is 0 Å². The molecular formula is C9H21NO2S. The van der Waals surface area contributed by atoms with E-state index in [9.17, 15) is 4.21 Å². The van der Waals surface area contributed by atoms with E-state index < -0.39 is 10.8 Å². The lowest BCUT2D eigenvalue weighted by atomic mass is 10.2. The second-order valence-electron chi connectivity index (χ2n) is 2.95. The van der Waals surface area contributed by atoms with Crippen LogP contribution in [0.5, 0.6) is 0 Å². The van der Waals surface area contributed by atoms with Gasteiger partial charge in [0.25, 0.3) is 0 Å². The minimum absolute atomic E-state index is 0.402. The molecule has 0 aliphatic carbocycles. The maximum absolute atomic E-state index is 11.1. The summed E-state index contributed by atoms with van der Waals surface area (Å²) < 4.78 is 16.1. The van der Waals surface area contributed by atoms with E-state index in [4.69, 9.17) is 4.74 Å². The third-order valence-corrected chi connectivity index (χ3v) is 3.25. The van der Waals surface area contributed by atoms with Gasteiger partial charge in [0, 0.05) is 42.0 Å². The van der Waals surface area contributed by atoms with Gasteiger partial charge in [0.05, 0.1) is 6.61 Å². The van der Waals surface area contributed by atoms with Crippen LogP contribution in [0, 0.1) is 0 Å². The van der Waals surface area contributed by atoms with Crippen LogP contribution in [-0.4, -0.2) is 42.0 Å². The van der Waals surface area contributed by atoms with E-state index in [-0.39, 0.29) is 0 Å². The molecule has 0 aromatic rings. The monoisotopic (exact) mass is 207 g/mol. The van der Waals surface area contributed by atoms with Gasteiger partial charge in [-0.15, -0.1) is 0 Å². The Labute approximate surface area is 83.7 Å². The van der Waals surface area contributed by atoms with E-state index in [2.05, 4.69) is 12.2 Å². The molecule has 0 aromatic heterocycles. The molecule has 2 atom stereocenters. The van der Waals surface area contributed by atoms with Crippen molar-refractivity contribution in [3.63, 3.8) is 0 Å². The lowest BCUT2D eigenvalue weighted by Gasteiger charge is -2.15. The molecule has 1 N–H and O–H groups in total. The molecule has 0 radical (unpaired) electrons. The van der Waals surface area contributed by atoms with E-state index in [0.717, 1.165) is 31.1 Å². The highest BCUT2D eigenvalue weighted by Gasteiger charge is 2.04. The lowest BCUT2D eigenvalue weighted by molar-refractivity contribution is 0.165. The second-order valence-corrected chi connectivity index (χ2v) is 4.81. The zero-order chi connectivity index (χ0) is 10.1. The average molecular weight is 207 g/mol. The molecule has 2 unspecified atom stereocenters. The van der Waals surface area contributed by atoms with Crippen molar-refractivity contribution >= 4 is 10.8 Å². The molecule has 0 saturated heterocycles. The smallest absolute Gasteiger partial charge is 0.0615 e. The summed E-state index contributed by atoms with van der Waals surface area (Å²) in [5, 5.41) is 3.32. The Hall–Kier alpha value is 0.0700. The number of nitrogens with one attached hydrogen (secondary N) is 1. The summed E-state index contributed by atoms with van der Waals surface area (Å²) in [4.78, 5) is 0. The molecule has 13 heavy (non-hydrogen) atoms. The normalized spacial score (nSPS) is 15.6. The summed E-state index contributed by atoms with van der Waals surface area (Å²) in [5.41, 5.74) is 0. The van der Waals surface area contributed by atoms with Crippen molar-refractivity contribution in [2.45, 2.75) is 26.3 Å². The van der Waals surface area contributed by atoms with Crippen LogP contribution < -0.4 is 5.32 Å². The fraction of sp³-hybridized carbons (Fsp3) is 1.00. The number of ether oxygens (including phenoxy) is 1. The Kier molecular flexibility index (Phi) is 8.71. The zero-order valence-corrected chi connectivity index (χ0v) is 9.65. The van der Waals surface area contributed by atoms with E-state index >= 15 is 0 Å². The fourth-order valence-electron chi connectivity index (χ4n) is 1.04. The number of methoxy groups -OCH3 is 1. The van der Waals surface area contributed by atoms with Crippen LogP contribution in [0.15, 0.2) is 0 Å². The first-order chi connectivity index (χ1) is 6.24. The molecule has 4 heteroatoms. The van der Waals surface area contributed by atoms with Crippen LogP contribution in [0.2, 0.25) is 0 Å². The summed E-state index contributed by atoms with van der Waals surface area (Å²) >= 11 is 0. The summed E-state index contributed by atoms with van der Waals surface area (Å²) in [6.07, 6.45) is 1.05. The van der Waals surface area contributed by atoms with E-state index in [1.54, 1.807) is 7.11 Å². The lowest BCUT2D eigenvalue weighted by Crippen LogP contribution is -2.35. The molecule has 0 saturated carbocycles. The van der Waals surface area contributed by atoms with Crippen molar-refractivity contribution in [3.05, 3.63) is 0 Å². The quantitative estimate of drug-likeness (QED) is 0.639. The van der Waals surface area contributed by atoms with Gasteiger partial charge in [-0.3, -0.25) is 4.21 Å². The van der Waals surface area contributed by atoms with Crippen LogP contribution >= 0.6 is 0 Å². The van der Waals surface area contributed by atoms with Gasteiger partial charge in [-0.2, -0.15) is 0 Å². The Morgan fingerprint density at radius 3 is 2.62 bits per heavy atom. The van der Waals surface area contributed by atoms with Gasteiger partial charge in [0.1, 0.15) is 0 Å². The van der Waals surface area contributed by atoms with Gasteiger partial charge in [-0.25, -0.2) is 0 Å². The highest BCUT2D eigenvalue weighted by atomic mass is 32.2. The van der Waals surface area contributed by atoms with E-state index in [1.807, 2.05) is 6.92 Å². The maximum Gasteiger partial charge on any atom is 0.0615 e. The first-order valence-corrected chi connectivity index (χ1v) is 6.30. The van der Waals surface area contributed by atoms with Gasteiger partial charge < -0.3 is 10.1 Å². The Morgan fingerprint density at radius 2 is 2.15 bits per heavy atom. The molecule has 0 rings (SSSR count). The van der Waals surface area contributed by atoms with Gasteiger partial charge in [0.2, 0.25) is 0 Å². The Bertz CT molecular complexity index is 142. The molecule has 0 heterocycles. The predicted molar refractivity (Wildman–Crippen MR) is 57.5 cm³/mol. The molecule has 0 aliphatic heterocycles. The van der Waals surface area contributed by atoms with Crippen molar-refractivity contribution in [1.29, 1.82) is 0 Å². The van der Waals surface area contributed by atoms with Crippen molar-refractivity contribution in [2.75, 3.05) is 31.8 Å². The van der Waals surface area contributed by atoms with Gasteiger partial charge >= 0.3 is 0 Å². The van der Waals surface area contributed by atoms with E-state index in [1.165, 1.54) is 0 Å². The standard InChI is InChI=1S/C9H21NO2S/c1-4-9(8-12-3)10-6-7-13(11)5-2/h9-10H,4-8H2,1-3H3. The van der Waals surface area contributed by atoms with Gasteiger partial charge in [0.15, 0.2) is 0 Å². The van der Waals surface area contributed by atoms with Crippen LogP contribution in [0.25, 0.3) is 0 Å². The summed E-state index contributed by atoms with van der Waals surface area (Å²) in [5.74, 6) is 1.50. The highest BCUT2D eigenvalue weighted by Crippen LogP contribution is 1.91. The third kappa shape index (κ3) is 7.16. The molecule has 0 spiro atoms. The fourth-order valence-corrected chi connectivity index (χ4v) is 1.68. The van der Waals surface area contributed by atoms with E-state index in [0.29, 0.717) is 6.04 Å². The van der Waals surface area contributed by atoms with Crippen LogP contribution in [0.3, 0.4) is 0 Å². The predicted octanol–water partition coefficient (Wildman–Crippen LogP) is 0.770. The Morgan fingerprint density at radius 1 is 1.46 bits per heavy atom. The first-order valence-electron chi connectivity index (χ1n) is 4.81. The van der Waals surface area contributed by atoms with Crippen LogP contribution in [0.4, 0.5) is 0 Å². The van der Waals surface area contributed by atoms with Crippen LogP contribution in [0.1, 0.15) is 20.3 Å². The SMILES string of the molecule is CCC(COC)NCCS(=O)CC. The molecule has 3 nitrogen and oxygen atoms in total. The number of rotatable bonds is 8. The molecule has 0 aliphatic rings. The van der Waals surface area contributed by atoms with Gasteiger partial charge in [-0.1, -0.05) is 13.8 Å². The highest BCUT2D eigenvalue weighted by molar-refractivity contribution is 7.84. The second kappa shape index (κ2) is 8.66. The minimum Gasteiger partial charge on any atom is -0.383 e. The first kappa shape index (κ1) is 13.1. The van der Waals surface area contributed by atoms with Crippen molar-refractivity contribution in [1.82, 2.24) is 5.32 Å². The third-order valence-electron chi connectivity index (χ3n) is 1.95. The molecule has 0 amide bonds. The van der Waals surface area contributed by atoms with Gasteiger partial charge in [-0.05, 0) is 6.42 Å². The molecular weight excluding hydrogens is 186 g/mol. The zero-order valence-electron chi connectivity index (χ0n) is 8.84.